The van der Waals surface area contributed by atoms with Crippen LogP contribution in [0.3, 0.4) is 0 Å². The van der Waals surface area contributed by atoms with Crippen molar-refractivity contribution in [3.8, 4) is 0 Å². The summed E-state index contributed by atoms with van der Waals surface area (Å²) in [6, 6.07) is 3.63. The molecule has 0 saturated carbocycles. The van der Waals surface area contributed by atoms with E-state index in [1.54, 1.807) is 12.3 Å². The Morgan fingerprint density at radius 2 is 2.43 bits per heavy atom. The van der Waals surface area contributed by atoms with E-state index in [4.69, 9.17) is 8.83 Å². The summed E-state index contributed by atoms with van der Waals surface area (Å²) < 4.78 is 10.3. The van der Waals surface area contributed by atoms with Gasteiger partial charge in [-0.1, -0.05) is 0 Å². The van der Waals surface area contributed by atoms with Crippen LogP contribution in [0.25, 0.3) is 0 Å². The van der Waals surface area contributed by atoms with Crippen molar-refractivity contribution in [2.24, 2.45) is 0 Å². The molecule has 72 valence electrons. The summed E-state index contributed by atoms with van der Waals surface area (Å²) in [6.07, 6.45) is 3.49. The van der Waals surface area contributed by atoms with Crippen molar-refractivity contribution in [2.75, 3.05) is 0 Å². The number of nitrogens with zero attached hydrogens (tertiary/aromatic N) is 1. The van der Waals surface area contributed by atoms with Crippen molar-refractivity contribution in [3.63, 3.8) is 0 Å². The molecule has 0 aliphatic heterocycles. The zero-order valence-corrected chi connectivity index (χ0v) is 7.69. The Balaban J connectivity index is 2.14. The van der Waals surface area contributed by atoms with Gasteiger partial charge in [-0.3, -0.25) is 4.79 Å². The van der Waals surface area contributed by atoms with Crippen molar-refractivity contribution >= 4 is 5.78 Å². The van der Waals surface area contributed by atoms with Gasteiger partial charge in [-0.25, -0.2) is 4.98 Å². The Kier molecular flexibility index (Phi) is 2.18. The van der Waals surface area contributed by atoms with Crippen molar-refractivity contribution in [3.05, 3.63) is 42.0 Å². The average Bonchev–Trinajstić information content (AvgIpc) is 2.75. The molecule has 0 bridgehead atoms. The molecular weight excluding hydrogens is 182 g/mol. The van der Waals surface area contributed by atoms with Gasteiger partial charge in [-0.2, -0.15) is 0 Å². The highest BCUT2D eigenvalue weighted by molar-refractivity contribution is 5.90. The highest BCUT2D eigenvalue weighted by atomic mass is 16.4. The van der Waals surface area contributed by atoms with Crippen LogP contribution in [0.4, 0.5) is 0 Å². The Bertz CT molecular complexity index is 428. The third kappa shape index (κ3) is 1.74. The molecule has 0 spiro atoms. The molecule has 2 aromatic heterocycles. The van der Waals surface area contributed by atoms with Crippen molar-refractivity contribution in [1.82, 2.24) is 4.98 Å². The maximum Gasteiger partial charge on any atom is 0.202 e. The minimum absolute atomic E-state index is 0.122. The molecule has 2 heterocycles. The van der Waals surface area contributed by atoms with E-state index < -0.39 is 0 Å². The molecule has 0 aliphatic rings. The highest BCUT2D eigenvalue weighted by Crippen LogP contribution is 2.10. The van der Waals surface area contributed by atoms with E-state index in [-0.39, 0.29) is 11.5 Å². The number of oxazole rings is 1. The summed E-state index contributed by atoms with van der Waals surface area (Å²) in [4.78, 5) is 14.9. The average molecular weight is 191 g/mol. The van der Waals surface area contributed by atoms with Gasteiger partial charge in [0.2, 0.25) is 5.89 Å². The summed E-state index contributed by atoms with van der Waals surface area (Å²) in [6.45, 7) is 1.44. The number of furan rings is 1. The molecule has 2 rings (SSSR count). The Labute approximate surface area is 80.6 Å². The molecule has 0 N–H and O–H groups in total. The van der Waals surface area contributed by atoms with Crippen LogP contribution in [0.2, 0.25) is 0 Å². The monoisotopic (exact) mass is 191 g/mol. The molecule has 0 aromatic carbocycles. The summed E-state index contributed by atoms with van der Waals surface area (Å²) in [5.41, 5.74) is 0. The Morgan fingerprint density at radius 1 is 1.57 bits per heavy atom. The molecule has 14 heavy (non-hydrogen) atoms. The fourth-order valence-electron chi connectivity index (χ4n) is 1.12. The molecule has 0 atom stereocenters. The number of hydrogen-bond donors (Lipinski definition) is 0. The Morgan fingerprint density at radius 3 is 3.00 bits per heavy atom. The number of ketones is 1. The molecule has 0 fully saturated rings. The maximum absolute atomic E-state index is 10.9. The summed E-state index contributed by atoms with van der Waals surface area (Å²) in [5, 5.41) is 0. The summed E-state index contributed by atoms with van der Waals surface area (Å²) in [7, 11) is 0. The van der Waals surface area contributed by atoms with Crippen LogP contribution in [0, 0.1) is 0 Å². The van der Waals surface area contributed by atoms with Crippen LogP contribution in [0.1, 0.15) is 29.1 Å². The van der Waals surface area contributed by atoms with Gasteiger partial charge in [0.25, 0.3) is 0 Å². The van der Waals surface area contributed by atoms with Gasteiger partial charge in [0, 0.05) is 6.92 Å². The summed E-state index contributed by atoms with van der Waals surface area (Å²) in [5.74, 6) is 1.42. The quantitative estimate of drug-likeness (QED) is 0.697. The van der Waals surface area contributed by atoms with E-state index >= 15 is 0 Å². The highest BCUT2D eigenvalue weighted by Gasteiger charge is 2.09. The van der Waals surface area contributed by atoms with Crippen LogP contribution in [-0.4, -0.2) is 10.8 Å². The number of Topliss-reactive ketones (excluding diaryl/α,β-unsaturated/α-hetero) is 1. The van der Waals surface area contributed by atoms with E-state index in [2.05, 4.69) is 4.98 Å². The van der Waals surface area contributed by atoms with Gasteiger partial charge in [0.1, 0.15) is 5.76 Å². The second kappa shape index (κ2) is 3.49. The Hall–Kier alpha value is -1.84. The standard InChI is InChI=1S/C10H9NO3/c1-7(12)9-6-11-10(14-9)5-8-3-2-4-13-8/h2-4,6H,5H2,1H3. The SMILES string of the molecule is CC(=O)c1cnc(Cc2ccco2)o1. The zero-order valence-electron chi connectivity index (χ0n) is 7.69. The summed E-state index contributed by atoms with van der Waals surface area (Å²) >= 11 is 0. The minimum atomic E-state index is -0.122. The maximum atomic E-state index is 10.9. The fourth-order valence-corrected chi connectivity index (χ4v) is 1.12. The zero-order chi connectivity index (χ0) is 9.97. The van der Waals surface area contributed by atoms with Crippen LogP contribution in [-0.2, 0) is 6.42 Å². The lowest BCUT2D eigenvalue weighted by Crippen LogP contribution is -1.87. The first-order valence-electron chi connectivity index (χ1n) is 4.24. The van der Waals surface area contributed by atoms with Crippen molar-refractivity contribution < 1.29 is 13.6 Å². The molecular formula is C10H9NO3. The second-order valence-corrected chi connectivity index (χ2v) is 2.93. The van der Waals surface area contributed by atoms with E-state index in [0.717, 1.165) is 5.76 Å². The number of rotatable bonds is 3. The van der Waals surface area contributed by atoms with Gasteiger partial charge < -0.3 is 8.83 Å². The topological polar surface area (TPSA) is 56.2 Å². The van der Waals surface area contributed by atoms with Crippen LogP contribution in [0.15, 0.2) is 33.4 Å². The lowest BCUT2D eigenvalue weighted by Gasteiger charge is -1.90. The first-order valence-corrected chi connectivity index (χ1v) is 4.24. The van der Waals surface area contributed by atoms with Gasteiger partial charge in [0.05, 0.1) is 18.9 Å². The van der Waals surface area contributed by atoms with Gasteiger partial charge in [-0.05, 0) is 12.1 Å². The third-order valence-electron chi connectivity index (χ3n) is 1.81. The molecule has 2 aromatic rings. The van der Waals surface area contributed by atoms with Crippen molar-refractivity contribution in [2.45, 2.75) is 13.3 Å². The molecule has 4 nitrogen and oxygen atoms in total. The molecule has 0 aliphatic carbocycles. The van der Waals surface area contributed by atoms with E-state index in [9.17, 15) is 4.79 Å². The lowest BCUT2D eigenvalue weighted by atomic mass is 10.3. The van der Waals surface area contributed by atoms with Crippen LogP contribution >= 0.6 is 0 Å². The van der Waals surface area contributed by atoms with Crippen LogP contribution in [0.5, 0.6) is 0 Å². The second-order valence-electron chi connectivity index (χ2n) is 2.93. The molecule has 0 radical (unpaired) electrons. The molecule has 0 amide bonds. The van der Waals surface area contributed by atoms with Gasteiger partial charge in [-0.15, -0.1) is 0 Å². The molecule has 0 saturated heterocycles. The van der Waals surface area contributed by atoms with E-state index in [1.807, 2.05) is 6.07 Å². The van der Waals surface area contributed by atoms with Gasteiger partial charge >= 0.3 is 0 Å². The first kappa shape index (κ1) is 8.74. The number of aromatic nitrogens is 1. The minimum Gasteiger partial charge on any atom is -0.469 e. The largest absolute Gasteiger partial charge is 0.469 e. The molecule has 4 heteroatoms. The fraction of sp³-hybridized carbons (Fsp3) is 0.200. The predicted octanol–water partition coefficient (Wildman–Crippen LogP) is 2.06. The van der Waals surface area contributed by atoms with E-state index in [0.29, 0.717) is 12.3 Å². The number of hydrogen-bond acceptors (Lipinski definition) is 4. The molecule has 0 unspecified atom stereocenters. The van der Waals surface area contributed by atoms with Crippen molar-refractivity contribution in [1.29, 1.82) is 0 Å². The normalized spacial score (nSPS) is 10.4. The predicted molar refractivity (Wildman–Crippen MR) is 48.0 cm³/mol. The lowest BCUT2D eigenvalue weighted by molar-refractivity contribution is 0.0985. The smallest absolute Gasteiger partial charge is 0.202 e. The first-order chi connectivity index (χ1) is 6.75. The number of carbonyl (C=O) groups is 1. The van der Waals surface area contributed by atoms with Crippen LogP contribution < -0.4 is 0 Å². The third-order valence-corrected chi connectivity index (χ3v) is 1.81. The number of carbonyl (C=O) groups excluding carboxylic acids is 1. The van der Waals surface area contributed by atoms with E-state index in [1.165, 1.54) is 13.1 Å². The van der Waals surface area contributed by atoms with Gasteiger partial charge in [0.15, 0.2) is 11.5 Å².